The maximum atomic E-state index is 9.86. The van der Waals surface area contributed by atoms with Gasteiger partial charge in [-0.1, -0.05) is 6.08 Å². The normalized spacial score (nSPS) is 8.67. The molecule has 6 heteroatoms. The molecule has 0 aliphatic heterocycles. The molecule has 0 aromatic heterocycles. The van der Waals surface area contributed by atoms with E-state index in [1.54, 1.807) is 19.9 Å². The Labute approximate surface area is 68.3 Å². The maximum absolute atomic E-state index is 9.86. The topological polar surface area (TPSA) is 94.8 Å². The number of carboxylic acid groups (broad SMARTS) is 3. The third-order valence-corrected chi connectivity index (χ3v) is 0.770. The van der Waals surface area contributed by atoms with Gasteiger partial charge >= 0.3 is 12.1 Å². The van der Waals surface area contributed by atoms with Gasteiger partial charge in [0.25, 0.3) is 0 Å². The summed E-state index contributed by atoms with van der Waals surface area (Å²) in [6, 6.07) is 0. The zero-order valence-electron chi connectivity index (χ0n) is 6.64. The van der Waals surface area contributed by atoms with Crippen molar-refractivity contribution in [3.63, 3.8) is 0 Å². The van der Waals surface area contributed by atoms with Crippen LogP contribution in [0.1, 0.15) is 13.8 Å². The number of hydrogen-bond acceptors (Lipinski definition) is 2. The van der Waals surface area contributed by atoms with Gasteiger partial charge in [0.2, 0.25) is 0 Å². The van der Waals surface area contributed by atoms with Crippen LogP contribution in [0, 0.1) is 0 Å². The van der Waals surface area contributed by atoms with E-state index in [0.717, 1.165) is 0 Å². The largest absolute Gasteiger partial charge is 0.503 e. The second-order valence-corrected chi connectivity index (χ2v) is 1.56. The summed E-state index contributed by atoms with van der Waals surface area (Å²) in [7, 11) is 0. The Hall–Kier alpha value is -1.59. The van der Waals surface area contributed by atoms with Gasteiger partial charge in [-0.25, -0.2) is 9.59 Å². The quantitative estimate of drug-likeness (QED) is 0.533. The van der Waals surface area contributed by atoms with Crippen LogP contribution < -0.4 is 0 Å². The molecule has 0 aromatic rings. The summed E-state index contributed by atoms with van der Waals surface area (Å²) >= 11 is 0. The summed E-state index contributed by atoms with van der Waals surface area (Å²) in [4.78, 5) is 18.4. The SMILES string of the molecule is CC=C(C)C(=O)O.F.O=C(O)O. The van der Waals surface area contributed by atoms with Gasteiger partial charge < -0.3 is 15.3 Å². The molecule has 0 spiro atoms. The lowest BCUT2D eigenvalue weighted by atomic mass is 10.3. The highest BCUT2D eigenvalue weighted by Gasteiger charge is 1.93. The predicted octanol–water partition coefficient (Wildman–Crippen LogP) is 1.41. The number of carboxylic acids is 1. The molecule has 0 radical (unpaired) electrons. The van der Waals surface area contributed by atoms with Gasteiger partial charge in [0.05, 0.1) is 0 Å². The molecule has 0 saturated heterocycles. The number of hydrogen-bond donors (Lipinski definition) is 3. The van der Waals surface area contributed by atoms with Crippen molar-refractivity contribution < 1.29 is 29.6 Å². The maximum Gasteiger partial charge on any atom is 0.503 e. The minimum absolute atomic E-state index is 0. The highest BCUT2D eigenvalue weighted by Crippen LogP contribution is 1.87. The van der Waals surface area contributed by atoms with Gasteiger partial charge in [0.15, 0.2) is 0 Å². The molecule has 3 N–H and O–H groups in total. The second kappa shape index (κ2) is 9.41. The zero-order chi connectivity index (χ0) is 9.44. The number of rotatable bonds is 1. The Kier molecular flexibility index (Phi) is 13.2. The highest BCUT2D eigenvalue weighted by atomic mass is 19.0. The van der Waals surface area contributed by atoms with Gasteiger partial charge in [0, 0.05) is 5.57 Å². The monoisotopic (exact) mass is 182 g/mol. The molecule has 72 valence electrons. The van der Waals surface area contributed by atoms with E-state index in [-0.39, 0.29) is 4.70 Å². The van der Waals surface area contributed by atoms with Gasteiger partial charge in [-0.2, -0.15) is 0 Å². The number of aliphatic carboxylic acids is 1. The van der Waals surface area contributed by atoms with E-state index in [1.807, 2.05) is 0 Å². The first kappa shape index (κ1) is 16.8. The molecule has 12 heavy (non-hydrogen) atoms. The Morgan fingerprint density at radius 1 is 1.17 bits per heavy atom. The zero-order valence-corrected chi connectivity index (χ0v) is 6.64. The van der Waals surface area contributed by atoms with Crippen LogP contribution in [0.25, 0.3) is 0 Å². The predicted molar refractivity (Wildman–Crippen MR) is 40.2 cm³/mol. The molecule has 0 amide bonds. The first-order chi connectivity index (χ1) is 4.91. The van der Waals surface area contributed by atoms with E-state index in [1.165, 1.54) is 0 Å². The molecule has 0 aromatic carbocycles. The van der Waals surface area contributed by atoms with Crippen molar-refractivity contribution in [2.75, 3.05) is 0 Å². The molecule has 0 rings (SSSR count). The fourth-order valence-electron chi connectivity index (χ4n) is 0.123. The van der Waals surface area contributed by atoms with E-state index in [4.69, 9.17) is 20.1 Å². The van der Waals surface area contributed by atoms with Crippen molar-refractivity contribution in [1.29, 1.82) is 0 Å². The number of carbonyl (C=O) groups is 2. The molecule has 0 atom stereocenters. The van der Waals surface area contributed by atoms with Crippen molar-refractivity contribution in [2.24, 2.45) is 0 Å². The molecule has 0 aliphatic carbocycles. The molecule has 0 fully saturated rings. The van der Waals surface area contributed by atoms with Crippen LogP contribution in [0.3, 0.4) is 0 Å². The fraction of sp³-hybridized carbons (Fsp3) is 0.333. The summed E-state index contributed by atoms with van der Waals surface area (Å²) in [6.07, 6.45) is -0.275. The first-order valence-corrected chi connectivity index (χ1v) is 2.70. The van der Waals surface area contributed by atoms with Crippen molar-refractivity contribution in [1.82, 2.24) is 0 Å². The van der Waals surface area contributed by atoms with Gasteiger partial charge in [-0.05, 0) is 13.8 Å². The standard InChI is InChI=1S/C5H8O2.CH2O3.FH/c1-3-4(2)5(6)7;2-1(3)4;/h3H,1-2H3,(H,6,7);(H2,2,3,4);1H. The number of halogens is 1. The number of allylic oxidation sites excluding steroid dienone is 1. The van der Waals surface area contributed by atoms with Crippen LogP contribution in [-0.2, 0) is 4.79 Å². The highest BCUT2D eigenvalue weighted by molar-refractivity contribution is 5.85. The summed E-state index contributed by atoms with van der Waals surface area (Å²) in [5.41, 5.74) is 0.389. The first-order valence-electron chi connectivity index (χ1n) is 2.70. The summed E-state index contributed by atoms with van der Waals surface area (Å²) in [6.45, 7) is 3.26. The second-order valence-electron chi connectivity index (χ2n) is 1.56. The third-order valence-electron chi connectivity index (χ3n) is 0.770. The van der Waals surface area contributed by atoms with Crippen LogP contribution >= 0.6 is 0 Å². The Morgan fingerprint density at radius 2 is 1.42 bits per heavy atom. The van der Waals surface area contributed by atoms with E-state index < -0.39 is 12.1 Å². The molecular weight excluding hydrogens is 171 g/mol. The van der Waals surface area contributed by atoms with Crippen LogP contribution in [-0.4, -0.2) is 27.4 Å². The summed E-state index contributed by atoms with van der Waals surface area (Å²) in [5.74, 6) is -0.845. The van der Waals surface area contributed by atoms with Crippen molar-refractivity contribution in [3.05, 3.63) is 11.6 Å². The van der Waals surface area contributed by atoms with Crippen LogP contribution in [0.4, 0.5) is 9.50 Å². The van der Waals surface area contributed by atoms with Crippen molar-refractivity contribution in [2.45, 2.75) is 13.8 Å². The van der Waals surface area contributed by atoms with Crippen LogP contribution in [0.2, 0.25) is 0 Å². The summed E-state index contributed by atoms with van der Waals surface area (Å²) in [5, 5.41) is 22.1. The van der Waals surface area contributed by atoms with Crippen LogP contribution in [0.15, 0.2) is 11.6 Å². The van der Waals surface area contributed by atoms with E-state index in [9.17, 15) is 4.79 Å². The van der Waals surface area contributed by atoms with E-state index in [0.29, 0.717) is 5.57 Å². The van der Waals surface area contributed by atoms with Gasteiger partial charge in [0.1, 0.15) is 0 Å². The lowest BCUT2D eigenvalue weighted by molar-refractivity contribution is -0.132. The van der Waals surface area contributed by atoms with Crippen LogP contribution in [0.5, 0.6) is 0 Å². The smallest absolute Gasteiger partial charge is 0.478 e. The molecular formula is C6H11FO5. The van der Waals surface area contributed by atoms with E-state index in [2.05, 4.69) is 0 Å². The Balaban J connectivity index is -0.000000142. The third kappa shape index (κ3) is 23.7. The lowest BCUT2D eigenvalue weighted by Gasteiger charge is -1.84. The molecule has 0 unspecified atom stereocenters. The molecule has 0 bridgehead atoms. The minimum Gasteiger partial charge on any atom is -0.478 e. The molecule has 0 saturated carbocycles. The summed E-state index contributed by atoms with van der Waals surface area (Å²) < 4.78 is 0. The van der Waals surface area contributed by atoms with Crippen molar-refractivity contribution in [3.8, 4) is 0 Å². The fourth-order valence-corrected chi connectivity index (χ4v) is 0.123. The lowest BCUT2D eigenvalue weighted by Crippen LogP contribution is -1.93. The molecule has 0 heterocycles. The molecule has 5 nitrogen and oxygen atoms in total. The van der Waals surface area contributed by atoms with Crippen molar-refractivity contribution >= 4 is 12.1 Å². The minimum atomic E-state index is -1.83. The van der Waals surface area contributed by atoms with Gasteiger partial charge in [-0.15, -0.1) is 0 Å². The van der Waals surface area contributed by atoms with E-state index >= 15 is 0 Å². The average Bonchev–Trinajstić information content (AvgIpc) is 1.85. The Bertz CT molecular complexity index is 171. The molecule has 0 aliphatic rings. The van der Waals surface area contributed by atoms with Gasteiger partial charge in [-0.3, -0.25) is 4.70 Å². The average molecular weight is 182 g/mol. The Morgan fingerprint density at radius 3 is 1.42 bits per heavy atom.